The van der Waals surface area contributed by atoms with Gasteiger partial charge >= 0.3 is 5.97 Å². The van der Waals surface area contributed by atoms with Gasteiger partial charge in [0, 0.05) is 17.2 Å². The molecule has 0 atom stereocenters. The third-order valence-corrected chi connectivity index (χ3v) is 4.82. The van der Waals surface area contributed by atoms with Crippen molar-refractivity contribution in [3.05, 3.63) is 83.4 Å². The number of ether oxygens (including phenoxy) is 5. The SMILES string of the molecule is COc1ccc(C=CC(=O)c2ccc(OC(=O)c3ccc(OC)c(OC)c3)cc2)c(OC)c1. The highest BCUT2D eigenvalue weighted by Gasteiger charge is 2.13. The van der Waals surface area contributed by atoms with Gasteiger partial charge in [0.1, 0.15) is 17.2 Å². The van der Waals surface area contributed by atoms with Crippen LogP contribution in [-0.4, -0.2) is 40.2 Å². The van der Waals surface area contributed by atoms with Crippen molar-refractivity contribution >= 4 is 17.8 Å². The van der Waals surface area contributed by atoms with Gasteiger partial charge in [0.15, 0.2) is 17.3 Å². The predicted molar refractivity (Wildman–Crippen MR) is 124 cm³/mol. The average molecular weight is 448 g/mol. The molecule has 0 aliphatic rings. The maximum absolute atomic E-state index is 12.5. The molecule has 3 rings (SSSR count). The summed E-state index contributed by atoms with van der Waals surface area (Å²) in [6.07, 6.45) is 3.13. The van der Waals surface area contributed by atoms with E-state index in [1.807, 2.05) is 0 Å². The minimum absolute atomic E-state index is 0.203. The lowest BCUT2D eigenvalue weighted by atomic mass is 10.1. The summed E-state index contributed by atoms with van der Waals surface area (Å²) in [5.41, 5.74) is 1.50. The van der Waals surface area contributed by atoms with Gasteiger partial charge in [-0.2, -0.15) is 0 Å². The molecule has 0 bridgehead atoms. The average Bonchev–Trinajstić information content (AvgIpc) is 2.86. The smallest absolute Gasteiger partial charge is 0.343 e. The first-order valence-electron chi connectivity index (χ1n) is 9.97. The molecule has 0 saturated heterocycles. The largest absolute Gasteiger partial charge is 0.497 e. The maximum atomic E-state index is 12.5. The number of allylic oxidation sites excluding steroid dienone is 1. The number of hydrogen-bond donors (Lipinski definition) is 0. The van der Waals surface area contributed by atoms with Crippen LogP contribution in [0.1, 0.15) is 26.3 Å². The second-order valence-electron chi connectivity index (χ2n) is 6.79. The third kappa shape index (κ3) is 5.71. The molecule has 0 N–H and O–H groups in total. The second-order valence-corrected chi connectivity index (χ2v) is 6.79. The number of esters is 1. The lowest BCUT2D eigenvalue weighted by molar-refractivity contribution is 0.0734. The van der Waals surface area contributed by atoms with Crippen LogP contribution < -0.4 is 23.7 Å². The minimum Gasteiger partial charge on any atom is -0.497 e. The normalized spacial score (nSPS) is 10.5. The van der Waals surface area contributed by atoms with Crippen molar-refractivity contribution < 1.29 is 33.3 Å². The van der Waals surface area contributed by atoms with E-state index in [1.165, 1.54) is 26.4 Å². The Hall–Kier alpha value is -4.26. The lowest BCUT2D eigenvalue weighted by Crippen LogP contribution is -2.09. The molecule has 0 fully saturated rings. The van der Waals surface area contributed by atoms with Crippen molar-refractivity contribution in [1.29, 1.82) is 0 Å². The molecule has 3 aromatic rings. The first-order chi connectivity index (χ1) is 16.0. The summed E-state index contributed by atoms with van der Waals surface area (Å²) in [5.74, 6) is 1.74. The van der Waals surface area contributed by atoms with Gasteiger partial charge in [-0.3, -0.25) is 4.79 Å². The molecule has 170 valence electrons. The Morgan fingerprint density at radius 3 is 1.91 bits per heavy atom. The Morgan fingerprint density at radius 1 is 0.636 bits per heavy atom. The maximum Gasteiger partial charge on any atom is 0.343 e. The number of ketones is 1. The highest BCUT2D eigenvalue weighted by molar-refractivity contribution is 6.07. The van der Waals surface area contributed by atoms with E-state index < -0.39 is 5.97 Å². The van der Waals surface area contributed by atoms with E-state index in [0.29, 0.717) is 39.9 Å². The molecule has 0 spiro atoms. The second kappa shape index (κ2) is 10.9. The van der Waals surface area contributed by atoms with Crippen LogP contribution in [0.4, 0.5) is 0 Å². The molecule has 7 nitrogen and oxygen atoms in total. The highest BCUT2D eigenvalue weighted by Crippen LogP contribution is 2.28. The zero-order chi connectivity index (χ0) is 23.8. The molecular weight excluding hydrogens is 424 g/mol. The summed E-state index contributed by atoms with van der Waals surface area (Å²) in [7, 11) is 6.13. The van der Waals surface area contributed by atoms with E-state index >= 15 is 0 Å². The third-order valence-electron chi connectivity index (χ3n) is 4.82. The molecule has 33 heavy (non-hydrogen) atoms. The monoisotopic (exact) mass is 448 g/mol. The van der Waals surface area contributed by atoms with Crippen molar-refractivity contribution in [2.75, 3.05) is 28.4 Å². The van der Waals surface area contributed by atoms with Crippen LogP contribution in [0.2, 0.25) is 0 Å². The minimum atomic E-state index is -0.554. The Bertz CT molecular complexity index is 1160. The molecular formula is C26H24O7. The number of methoxy groups -OCH3 is 4. The van der Waals surface area contributed by atoms with E-state index in [1.54, 1.807) is 74.9 Å². The van der Waals surface area contributed by atoms with E-state index in [-0.39, 0.29) is 5.78 Å². The molecule has 0 amide bonds. The van der Waals surface area contributed by atoms with Crippen LogP contribution in [-0.2, 0) is 0 Å². The van der Waals surface area contributed by atoms with Crippen molar-refractivity contribution in [2.24, 2.45) is 0 Å². The standard InChI is InChI=1S/C26H24O7/c1-29-21-12-7-18(24(16-21)31-3)8-13-22(27)17-5-10-20(11-6-17)33-26(28)19-9-14-23(30-2)25(15-19)32-4/h5-16H,1-4H3. The molecule has 0 aliphatic heterocycles. The lowest BCUT2D eigenvalue weighted by Gasteiger charge is -2.09. The molecule has 0 aliphatic carbocycles. The van der Waals surface area contributed by atoms with E-state index in [0.717, 1.165) is 5.56 Å². The number of carbonyl (C=O) groups excluding carboxylic acids is 2. The van der Waals surface area contributed by atoms with Gasteiger partial charge in [-0.25, -0.2) is 4.79 Å². The van der Waals surface area contributed by atoms with Crippen LogP contribution in [0.5, 0.6) is 28.7 Å². The summed E-state index contributed by atoms with van der Waals surface area (Å²) in [6, 6.07) is 16.4. The fraction of sp³-hybridized carbons (Fsp3) is 0.154. The predicted octanol–water partition coefficient (Wildman–Crippen LogP) is 4.84. The van der Waals surface area contributed by atoms with Crippen molar-refractivity contribution in [3.8, 4) is 28.7 Å². The fourth-order valence-corrected chi connectivity index (χ4v) is 3.03. The van der Waals surface area contributed by atoms with Crippen LogP contribution in [0, 0.1) is 0 Å². The Morgan fingerprint density at radius 2 is 1.27 bits per heavy atom. The summed E-state index contributed by atoms with van der Waals surface area (Å²) in [4.78, 5) is 25.0. The summed E-state index contributed by atoms with van der Waals surface area (Å²) >= 11 is 0. The zero-order valence-electron chi connectivity index (χ0n) is 18.8. The van der Waals surface area contributed by atoms with Gasteiger partial charge in [-0.05, 0) is 66.7 Å². The molecule has 7 heteroatoms. The van der Waals surface area contributed by atoms with Gasteiger partial charge in [0.05, 0.1) is 34.0 Å². The fourth-order valence-electron chi connectivity index (χ4n) is 3.03. The number of hydrogen-bond acceptors (Lipinski definition) is 7. The number of carbonyl (C=O) groups is 2. The van der Waals surface area contributed by atoms with E-state index in [4.69, 9.17) is 23.7 Å². The molecule has 0 heterocycles. The number of rotatable bonds is 9. The van der Waals surface area contributed by atoms with Crippen LogP contribution in [0.3, 0.4) is 0 Å². The molecule has 0 unspecified atom stereocenters. The van der Waals surface area contributed by atoms with Crippen LogP contribution >= 0.6 is 0 Å². The van der Waals surface area contributed by atoms with Gasteiger partial charge in [0.2, 0.25) is 0 Å². The van der Waals surface area contributed by atoms with Crippen LogP contribution in [0.25, 0.3) is 6.08 Å². The van der Waals surface area contributed by atoms with Crippen molar-refractivity contribution in [1.82, 2.24) is 0 Å². The summed E-state index contributed by atoms with van der Waals surface area (Å²) in [5, 5.41) is 0. The van der Waals surface area contributed by atoms with Gasteiger partial charge < -0.3 is 23.7 Å². The molecule has 0 saturated carbocycles. The summed E-state index contributed by atoms with van der Waals surface area (Å²) < 4.78 is 26.3. The van der Waals surface area contributed by atoms with Gasteiger partial charge in [0.25, 0.3) is 0 Å². The molecule has 3 aromatic carbocycles. The zero-order valence-corrected chi connectivity index (χ0v) is 18.8. The topological polar surface area (TPSA) is 80.3 Å². The Labute approximate surface area is 192 Å². The van der Waals surface area contributed by atoms with Crippen molar-refractivity contribution in [2.45, 2.75) is 0 Å². The van der Waals surface area contributed by atoms with E-state index in [2.05, 4.69) is 0 Å². The molecule has 0 aromatic heterocycles. The molecule has 0 radical (unpaired) electrons. The number of benzene rings is 3. The Kier molecular flexibility index (Phi) is 7.70. The van der Waals surface area contributed by atoms with Crippen LogP contribution in [0.15, 0.2) is 66.7 Å². The van der Waals surface area contributed by atoms with Gasteiger partial charge in [-0.1, -0.05) is 0 Å². The quantitative estimate of drug-likeness (QED) is 0.201. The van der Waals surface area contributed by atoms with E-state index in [9.17, 15) is 9.59 Å². The summed E-state index contributed by atoms with van der Waals surface area (Å²) in [6.45, 7) is 0. The first kappa shape index (κ1) is 23.4. The van der Waals surface area contributed by atoms with Gasteiger partial charge in [-0.15, -0.1) is 0 Å². The Balaban J connectivity index is 1.68. The van der Waals surface area contributed by atoms with Crippen molar-refractivity contribution in [3.63, 3.8) is 0 Å². The highest BCUT2D eigenvalue weighted by atomic mass is 16.5. The first-order valence-corrected chi connectivity index (χ1v) is 9.97.